The zero-order valence-corrected chi connectivity index (χ0v) is 11.4. The molecule has 1 fully saturated rings. The Labute approximate surface area is 110 Å². The molecule has 0 bridgehead atoms. The number of hydrogen-bond donors (Lipinski definition) is 0. The van der Waals surface area contributed by atoms with Crippen LogP contribution in [0.15, 0.2) is 18.2 Å². The van der Waals surface area contributed by atoms with E-state index in [1.54, 1.807) is 0 Å². The highest BCUT2D eigenvalue weighted by Crippen LogP contribution is 2.31. The van der Waals surface area contributed by atoms with Gasteiger partial charge in [-0.3, -0.25) is 0 Å². The molecular formula is C12H15BrClNO. The first-order chi connectivity index (χ1) is 7.83. The topological polar surface area (TPSA) is 12.5 Å². The first-order valence-electron chi connectivity index (χ1n) is 5.49. The van der Waals surface area contributed by atoms with Gasteiger partial charge in [0.05, 0.1) is 17.3 Å². The Morgan fingerprint density at radius 2 is 2.19 bits per heavy atom. The molecule has 0 radical (unpaired) electrons. The van der Waals surface area contributed by atoms with Crippen LogP contribution >= 0.6 is 27.5 Å². The molecule has 1 aromatic carbocycles. The number of alkyl halides is 1. The first kappa shape index (κ1) is 12.2. The molecule has 0 spiro atoms. The highest BCUT2D eigenvalue weighted by Gasteiger charge is 2.15. The number of nitrogens with zero attached hydrogens (tertiary/aromatic N) is 1. The van der Waals surface area contributed by atoms with Crippen LogP contribution in [0.25, 0.3) is 0 Å². The second kappa shape index (κ2) is 5.89. The van der Waals surface area contributed by atoms with Crippen molar-refractivity contribution in [1.82, 2.24) is 0 Å². The van der Waals surface area contributed by atoms with Crippen molar-refractivity contribution in [2.24, 2.45) is 0 Å². The number of ether oxygens (including phenoxy) is 1. The summed E-state index contributed by atoms with van der Waals surface area (Å²) in [5.74, 6) is 0. The predicted octanol–water partition coefficient (Wildman–Crippen LogP) is 3.46. The summed E-state index contributed by atoms with van der Waals surface area (Å²) in [5, 5.41) is 1.67. The van der Waals surface area contributed by atoms with Crippen LogP contribution < -0.4 is 4.90 Å². The van der Waals surface area contributed by atoms with Gasteiger partial charge in [0.1, 0.15) is 0 Å². The quantitative estimate of drug-likeness (QED) is 0.776. The van der Waals surface area contributed by atoms with Gasteiger partial charge in [-0.2, -0.15) is 0 Å². The standard InChI is InChI=1S/C12H15BrClNO/c13-9-10-3-1-4-11(14)12(10)15-5-2-7-16-8-6-15/h1,3-4H,2,5-9H2. The summed E-state index contributed by atoms with van der Waals surface area (Å²) in [4.78, 5) is 2.33. The maximum atomic E-state index is 6.29. The molecule has 88 valence electrons. The van der Waals surface area contributed by atoms with Gasteiger partial charge in [0, 0.05) is 25.0 Å². The van der Waals surface area contributed by atoms with Gasteiger partial charge in [-0.1, -0.05) is 39.7 Å². The van der Waals surface area contributed by atoms with Crippen LogP contribution in [0.5, 0.6) is 0 Å². The smallest absolute Gasteiger partial charge is 0.0642 e. The Bertz CT molecular complexity index is 351. The fourth-order valence-electron chi connectivity index (χ4n) is 1.99. The minimum absolute atomic E-state index is 0.785. The van der Waals surface area contributed by atoms with Gasteiger partial charge in [0.25, 0.3) is 0 Å². The molecule has 0 aliphatic carbocycles. The predicted molar refractivity (Wildman–Crippen MR) is 71.7 cm³/mol. The Hall–Kier alpha value is -0.250. The van der Waals surface area contributed by atoms with Crippen LogP contribution in [-0.4, -0.2) is 26.3 Å². The maximum absolute atomic E-state index is 6.29. The summed E-state index contributed by atoms with van der Waals surface area (Å²) in [6.45, 7) is 3.57. The molecule has 1 aliphatic rings. The number of halogens is 2. The largest absolute Gasteiger partial charge is 0.380 e. The lowest BCUT2D eigenvalue weighted by Crippen LogP contribution is -2.27. The van der Waals surface area contributed by atoms with E-state index in [0.717, 1.165) is 48.8 Å². The zero-order chi connectivity index (χ0) is 11.4. The van der Waals surface area contributed by atoms with E-state index in [1.165, 1.54) is 5.56 Å². The average molecular weight is 305 g/mol. The van der Waals surface area contributed by atoms with Gasteiger partial charge in [-0.25, -0.2) is 0 Å². The van der Waals surface area contributed by atoms with E-state index in [9.17, 15) is 0 Å². The monoisotopic (exact) mass is 303 g/mol. The lowest BCUT2D eigenvalue weighted by molar-refractivity contribution is 0.152. The Kier molecular flexibility index (Phi) is 4.50. The normalized spacial score (nSPS) is 17.2. The van der Waals surface area contributed by atoms with E-state index >= 15 is 0 Å². The summed E-state index contributed by atoms with van der Waals surface area (Å²) in [6, 6.07) is 6.06. The molecule has 16 heavy (non-hydrogen) atoms. The molecule has 2 rings (SSSR count). The summed E-state index contributed by atoms with van der Waals surface area (Å²) >= 11 is 9.80. The molecule has 1 aliphatic heterocycles. The lowest BCUT2D eigenvalue weighted by Gasteiger charge is -2.25. The number of anilines is 1. The molecule has 1 saturated heterocycles. The summed E-state index contributed by atoms with van der Waals surface area (Å²) in [6.07, 6.45) is 1.06. The second-order valence-electron chi connectivity index (χ2n) is 3.83. The van der Waals surface area contributed by atoms with E-state index in [4.69, 9.17) is 16.3 Å². The Morgan fingerprint density at radius 1 is 1.31 bits per heavy atom. The Morgan fingerprint density at radius 3 is 3.00 bits per heavy atom. The molecule has 4 heteroatoms. The molecule has 1 aromatic rings. The van der Waals surface area contributed by atoms with E-state index in [-0.39, 0.29) is 0 Å². The second-order valence-corrected chi connectivity index (χ2v) is 4.80. The lowest BCUT2D eigenvalue weighted by atomic mass is 10.1. The molecule has 0 N–H and O–H groups in total. The van der Waals surface area contributed by atoms with Crippen LogP contribution in [0.3, 0.4) is 0 Å². The molecule has 0 unspecified atom stereocenters. The van der Waals surface area contributed by atoms with Crippen molar-refractivity contribution in [3.63, 3.8) is 0 Å². The van der Waals surface area contributed by atoms with Crippen LogP contribution in [0.1, 0.15) is 12.0 Å². The fraction of sp³-hybridized carbons (Fsp3) is 0.500. The molecule has 0 amide bonds. The van der Waals surface area contributed by atoms with Crippen molar-refractivity contribution < 1.29 is 4.74 Å². The fourth-order valence-corrected chi connectivity index (χ4v) is 2.76. The first-order valence-corrected chi connectivity index (χ1v) is 6.99. The van der Waals surface area contributed by atoms with Gasteiger partial charge in [-0.15, -0.1) is 0 Å². The molecule has 0 aromatic heterocycles. The summed E-state index contributed by atoms with van der Waals surface area (Å²) < 4.78 is 5.46. The van der Waals surface area contributed by atoms with Crippen LogP contribution in [0.4, 0.5) is 5.69 Å². The van der Waals surface area contributed by atoms with Crippen molar-refractivity contribution in [2.75, 3.05) is 31.2 Å². The average Bonchev–Trinajstić information content (AvgIpc) is 2.57. The van der Waals surface area contributed by atoms with Crippen molar-refractivity contribution in [3.05, 3.63) is 28.8 Å². The van der Waals surface area contributed by atoms with Gasteiger partial charge < -0.3 is 9.64 Å². The number of benzene rings is 1. The number of hydrogen-bond acceptors (Lipinski definition) is 2. The van der Waals surface area contributed by atoms with E-state index < -0.39 is 0 Å². The van der Waals surface area contributed by atoms with Gasteiger partial charge >= 0.3 is 0 Å². The minimum Gasteiger partial charge on any atom is -0.380 e. The van der Waals surface area contributed by atoms with E-state index in [2.05, 4.69) is 26.9 Å². The molecule has 0 saturated carbocycles. The SMILES string of the molecule is Clc1cccc(CBr)c1N1CCCOCC1. The van der Waals surface area contributed by atoms with Gasteiger partial charge in [-0.05, 0) is 18.1 Å². The minimum atomic E-state index is 0.785. The molecule has 2 nitrogen and oxygen atoms in total. The van der Waals surface area contributed by atoms with E-state index in [0.29, 0.717) is 0 Å². The van der Waals surface area contributed by atoms with Crippen molar-refractivity contribution in [1.29, 1.82) is 0 Å². The van der Waals surface area contributed by atoms with Gasteiger partial charge in [0.15, 0.2) is 0 Å². The third kappa shape index (κ3) is 2.70. The van der Waals surface area contributed by atoms with Gasteiger partial charge in [0.2, 0.25) is 0 Å². The van der Waals surface area contributed by atoms with Crippen molar-refractivity contribution >= 4 is 33.2 Å². The Balaban J connectivity index is 2.29. The third-order valence-corrected chi connectivity index (χ3v) is 3.66. The highest BCUT2D eigenvalue weighted by molar-refractivity contribution is 9.08. The summed E-state index contributed by atoms with van der Waals surface area (Å²) in [7, 11) is 0. The molecular weight excluding hydrogens is 289 g/mol. The number of para-hydroxylation sites is 1. The zero-order valence-electron chi connectivity index (χ0n) is 9.09. The van der Waals surface area contributed by atoms with E-state index in [1.807, 2.05) is 12.1 Å². The third-order valence-electron chi connectivity index (χ3n) is 2.75. The summed E-state index contributed by atoms with van der Waals surface area (Å²) in [5.41, 5.74) is 2.40. The maximum Gasteiger partial charge on any atom is 0.0642 e. The van der Waals surface area contributed by atoms with Crippen LogP contribution in [0.2, 0.25) is 5.02 Å². The van der Waals surface area contributed by atoms with Crippen LogP contribution in [0, 0.1) is 0 Å². The highest BCUT2D eigenvalue weighted by atomic mass is 79.9. The van der Waals surface area contributed by atoms with Crippen molar-refractivity contribution in [3.8, 4) is 0 Å². The molecule has 0 atom stereocenters. The van der Waals surface area contributed by atoms with Crippen LogP contribution in [-0.2, 0) is 10.1 Å². The molecule has 1 heterocycles. The number of rotatable bonds is 2. The van der Waals surface area contributed by atoms with Crippen molar-refractivity contribution in [2.45, 2.75) is 11.8 Å².